The van der Waals surface area contributed by atoms with E-state index in [1.807, 2.05) is 30.3 Å². The monoisotopic (exact) mass is 336 g/mol. The van der Waals surface area contributed by atoms with E-state index in [9.17, 15) is 4.79 Å². The SMILES string of the molecule is CN(CCO)c1ncc2c3n[nH]cc3c(=O)n(-c3ccccc3)c2n1. The van der Waals surface area contributed by atoms with Gasteiger partial charge in [0.25, 0.3) is 5.56 Å². The molecule has 1 aromatic carbocycles. The molecule has 0 fully saturated rings. The second-order valence-electron chi connectivity index (χ2n) is 5.68. The first-order valence-corrected chi connectivity index (χ1v) is 7.83. The third-order valence-electron chi connectivity index (χ3n) is 4.09. The van der Waals surface area contributed by atoms with Gasteiger partial charge in [-0.15, -0.1) is 0 Å². The smallest absolute Gasteiger partial charge is 0.267 e. The van der Waals surface area contributed by atoms with E-state index < -0.39 is 0 Å². The van der Waals surface area contributed by atoms with E-state index in [0.717, 1.165) is 5.69 Å². The van der Waals surface area contributed by atoms with Crippen molar-refractivity contribution in [2.24, 2.45) is 0 Å². The summed E-state index contributed by atoms with van der Waals surface area (Å²) < 4.78 is 1.56. The van der Waals surface area contributed by atoms with E-state index in [2.05, 4.69) is 20.2 Å². The molecule has 0 aliphatic carbocycles. The largest absolute Gasteiger partial charge is 0.395 e. The first-order valence-electron chi connectivity index (χ1n) is 7.83. The van der Waals surface area contributed by atoms with E-state index in [1.54, 1.807) is 28.9 Å². The maximum atomic E-state index is 13.0. The number of rotatable bonds is 4. The summed E-state index contributed by atoms with van der Waals surface area (Å²) in [6, 6.07) is 9.33. The molecule has 0 amide bonds. The van der Waals surface area contributed by atoms with Crippen LogP contribution in [0.15, 0.2) is 47.5 Å². The second-order valence-corrected chi connectivity index (χ2v) is 5.68. The lowest BCUT2D eigenvalue weighted by Crippen LogP contribution is -2.25. The summed E-state index contributed by atoms with van der Waals surface area (Å²) in [6.07, 6.45) is 3.25. The second kappa shape index (κ2) is 5.99. The van der Waals surface area contributed by atoms with E-state index in [1.165, 1.54) is 0 Å². The molecule has 0 aliphatic rings. The van der Waals surface area contributed by atoms with Crippen molar-refractivity contribution in [2.45, 2.75) is 0 Å². The number of benzene rings is 1. The Morgan fingerprint density at radius 2 is 2.04 bits per heavy atom. The molecule has 0 radical (unpaired) electrons. The summed E-state index contributed by atoms with van der Waals surface area (Å²) in [5, 5.41) is 17.2. The molecule has 0 aliphatic heterocycles. The summed E-state index contributed by atoms with van der Waals surface area (Å²) in [5.41, 5.74) is 1.54. The van der Waals surface area contributed by atoms with Crippen molar-refractivity contribution in [1.82, 2.24) is 24.7 Å². The molecule has 2 N–H and O–H groups in total. The van der Waals surface area contributed by atoms with Crippen LogP contribution in [0.1, 0.15) is 0 Å². The van der Waals surface area contributed by atoms with E-state index in [4.69, 9.17) is 5.11 Å². The van der Waals surface area contributed by atoms with Crippen molar-refractivity contribution < 1.29 is 5.11 Å². The van der Waals surface area contributed by atoms with E-state index in [-0.39, 0.29) is 12.2 Å². The number of aliphatic hydroxyl groups is 1. The zero-order valence-electron chi connectivity index (χ0n) is 13.5. The summed E-state index contributed by atoms with van der Waals surface area (Å²) in [4.78, 5) is 23.7. The van der Waals surface area contributed by atoms with Crippen LogP contribution in [0.5, 0.6) is 0 Å². The summed E-state index contributed by atoms with van der Waals surface area (Å²) in [7, 11) is 1.79. The number of nitrogens with one attached hydrogen (secondary N) is 1. The molecule has 3 aromatic heterocycles. The van der Waals surface area contributed by atoms with Gasteiger partial charge in [-0.2, -0.15) is 10.1 Å². The minimum atomic E-state index is -0.197. The molecule has 4 aromatic rings. The van der Waals surface area contributed by atoms with Crippen molar-refractivity contribution in [3.8, 4) is 5.69 Å². The van der Waals surface area contributed by atoms with Gasteiger partial charge in [0.1, 0.15) is 5.52 Å². The van der Waals surface area contributed by atoms with Gasteiger partial charge in [-0.1, -0.05) is 18.2 Å². The molecule has 3 heterocycles. The summed E-state index contributed by atoms with van der Waals surface area (Å²) in [6.45, 7) is 0.382. The Morgan fingerprint density at radius 1 is 1.24 bits per heavy atom. The fourth-order valence-electron chi connectivity index (χ4n) is 2.83. The highest BCUT2D eigenvalue weighted by molar-refractivity contribution is 6.02. The summed E-state index contributed by atoms with van der Waals surface area (Å²) >= 11 is 0. The Balaban J connectivity index is 2.10. The molecule has 4 rings (SSSR count). The third-order valence-corrected chi connectivity index (χ3v) is 4.09. The minimum absolute atomic E-state index is 0.0121. The molecule has 8 nitrogen and oxygen atoms in total. The molecule has 0 unspecified atom stereocenters. The normalized spacial score (nSPS) is 11.3. The fourth-order valence-corrected chi connectivity index (χ4v) is 2.83. The van der Waals surface area contributed by atoms with Crippen molar-refractivity contribution >= 4 is 27.9 Å². The Hall–Kier alpha value is -3.26. The molecular formula is C17H16N6O2. The molecule has 0 saturated heterocycles. The summed E-state index contributed by atoms with van der Waals surface area (Å²) in [5.74, 6) is 0.431. The van der Waals surface area contributed by atoms with Gasteiger partial charge in [-0.05, 0) is 12.1 Å². The first kappa shape index (κ1) is 15.3. The van der Waals surface area contributed by atoms with E-state index in [0.29, 0.717) is 34.4 Å². The number of para-hydroxylation sites is 1. The predicted molar refractivity (Wildman–Crippen MR) is 95.1 cm³/mol. The standard InChI is InChI=1S/C17H16N6O2/c1-22(7-8-24)17-18-9-12-14-13(10-19-21-14)16(25)23(15(12)20-17)11-5-3-2-4-6-11/h2-6,9-10,24H,7-8H2,1H3,(H,19,21). The Kier molecular flexibility index (Phi) is 3.66. The average molecular weight is 336 g/mol. The van der Waals surface area contributed by atoms with Crippen LogP contribution in [0.25, 0.3) is 27.6 Å². The predicted octanol–water partition coefficient (Wildman–Crippen LogP) is 1.09. The fraction of sp³-hybridized carbons (Fsp3) is 0.176. The van der Waals surface area contributed by atoms with Gasteiger partial charge in [0, 0.05) is 26.0 Å². The van der Waals surface area contributed by atoms with E-state index >= 15 is 0 Å². The number of H-pyrrole nitrogens is 1. The minimum Gasteiger partial charge on any atom is -0.395 e. The van der Waals surface area contributed by atoms with Crippen LogP contribution >= 0.6 is 0 Å². The third kappa shape index (κ3) is 2.43. The lowest BCUT2D eigenvalue weighted by molar-refractivity contribution is 0.303. The number of pyridine rings is 1. The molecule has 25 heavy (non-hydrogen) atoms. The van der Waals surface area contributed by atoms with Crippen molar-refractivity contribution in [1.29, 1.82) is 0 Å². The number of likely N-dealkylation sites (N-methyl/N-ethyl adjacent to an activating group) is 1. The number of aromatic amines is 1. The van der Waals surface area contributed by atoms with Crippen LogP contribution in [-0.4, -0.2) is 50.0 Å². The van der Waals surface area contributed by atoms with Gasteiger partial charge < -0.3 is 10.0 Å². The Bertz CT molecular complexity index is 1100. The van der Waals surface area contributed by atoms with Gasteiger partial charge in [0.05, 0.1) is 23.1 Å². The van der Waals surface area contributed by atoms with Crippen LogP contribution < -0.4 is 10.5 Å². The number of anilines is 1. The lowest BCUT2D eigenvalue weighted by Gasteiger charge is -2.17. The van der Waals surface area contributed by atoms with Crippen LogP contribution in [0, 0.1) is 0 Å². The lowest BCUT2D eigenvalue weighted by atomic mass is 10.2. The van der Waals surface area contributed by atoms with Gasteiger partial charge in [-0.25, -0.2) is 4.98 Å². The number of nitrogens with zero attached hydrogens (tertiary/aromatic N) is 5. The topological polar surface area (TPSA) is 99.9 Å². The van der Waals surface area contributed by atoms with Gasteiger partial charge in [0.2, 0.25) is 5.95 Å². The van der Waals surface area contributed by atoms with Crippen LogP contribution in [-0.2, 0) is 0 Å². The van der Waals surface area contributed by atoms with Crippen LogP contribution in [0.3, 0.4) is 0 Å². The molecule has 0 atom stereocenters. The number of hydrogen-bond acceptors (Lipinski definition) is 6. The maximum absolute atomic E-state index is 13.0. The number of aliphatic hydroxyl groups excluding tert-OH is 1. The first-order chi connectivity index (χ1) is 12.2. The number of hydrogen-bond donors (Lipinski definition) is 2. The van der Waals surface area contributed by atoms with Crippen LogP contribution in [0.4, 0.5) is 5.95 Å². The van der Waals surface area contributed by atoms with Crippen LogP contribution in [0.2, 0.25) is 0 Å². The van der Waals surface area contributed by atoms with Gasteiger partial charge in [-0.3, -0.25) is 14.5 Å². The maximum Gasteiger partial charge on any atom is 0.267 e. The highest BCUT2D eigenvalue weighted by Crippen LogP contribution is 2.22. The molecule has 0 spiro atoms. The van der Waals surface area contributed by atoms with Crippen molar-refractivity contribution in [2.75, 3.05) is 25.1 Å². The quantitative estimate of drug-likeness (QED) is 0.578. The zero-order valence-corrected chi connectivity index (χ0v) is 13.5. The molecule has 0 saturated carbocycles. The number of aromatic nitrogens is 5. The van der Waals surface area contributed by atoms with Crippen molar-refractivity contribution in [3.63, 3.8) is 0 Å². The molecular weight excluding hydrogens is 320 g/mol. The average Bonchev–Trinajstić information content (AvgIpc) is 3.13. The Morgan fingerprint density at radius 3 is 2.80 bits per heavy atom. The number of fused-ring (bicyclic) bond motifs is 3. The molecule has 8 heteroatoms. The van der Waals surface area contributed by atoms with Gasteiger partial charge >= 0.3 is 0 Å². The highest BCUT2D eigenvalue weighted by atomic mass is 16.3. The zero-order chi connectivity index (χ0) is 17.4. The van der Waals surface area contributed by atoms with Crippen molar-refractivity contribution in [3.05, 3.63) is 53.1 Å². The van der Waals surface area contributed by atoms with Gasteiger partial charge in [0.15, 0.2) is 5.65 Å². The Labute approximate surface area is 142 Å². The molecule has 0 bridgehead atoms. The highest BCUT2D eigenvalue weighted by Gasteiger charge is 2.17. The molecule has 126 valence electrons.